The summed E-state index contributed by atoms with van der Waals surface area (Å²) in [5.74, 6) is 1.17. The number of benzene rings is 2. The first-order chi connectivity index (χ1) is 11.4. The number of carbonyl (C=O) groups excluding carboxylic acids is 1. The van der Waals surface area contributed by atoms with Crippen LogP contribution in [0, 0.1) is 0 Å². The quantitative estimate of drug-likeness (QED) is 0.821. The van der Waals surface area contributed by atoms with Crippen LogP contribution in [-0.2, 0) is 11.2 Å². The number of amides is 1. The van der Waals surface area contributed by atoms with Crippen molar-refractivity contribution in [2.45, 2.75) is 19.4 Å². The minimum atomic E-state index is -0.167. The maximum Gasteiger partial charge on any atom is 0.224 e. The summed E-state index contributed by atoms with van der Waals surface area (Å²) in [5.41, 5.74) is 1.73. The van der Waals surface area contributed by atoms with Crippen LogP contribution in [0.5, 0.6) is 11.5 Å². The third-order valence-corrected chi connectivity index (χ3v) is 4.37. The summed E-state index contributed by atoms with van der Waals surface area (Å²) in [4.78, 5) is 12.2. The second-order valence-corrected chi connectivity index (χ2v) is 6.14. The molecule has 128 valence electrons. The van der Waals surface area contributed by atoms with Gasteiger partial charge in [0.25, 0.3) is 0 Å². The van der Waals surface area contributed by atoms with Gasteiger partial charge in [0.2, 0.25) is 5.91 Å². The lowest BCUT2D eigenvalue weighted by Crippen LogP contribution is -2.28. The molecule has 0 aliphatic rings. The minimum absolute atomic E-state index is 0.101. The second kappa shape index (κ2) is 8.27. The van der Waals surface area contributed by atoms with Crippen LogP contribution in [0.3, 0.4) is 0 Å². The molecule has 0 fully saturated rings. The van der Waals surface area contributed by atoms with Gasteiger partial charge in [0, 0.05) is 0 Å². The van der Waals surface area contributed by atoms with Gasteiger partial charge in [-0.2, -0.15) is 0 Å². The molecule has 1 amide bonds. The molecule has 0 bridgehead atoms. The minimum Gasteiger partial charge on any atom is -0.493 e. The molecule has 1 unspecified atom stereocenters. The first-order valence-corrected chi connectivity index (χ1v) is 8.15. The van der Waals surface area contributed by atoms with Crippen molar-refractivity contribution in [3.63, 3.8) is 0 Å². The molecule has 24 heavy (non-hydrogen) atoms. The fourth-order valence-electron chi connectivity index (χ4n) is 2.33. The van der Waals surface area contributed by atoms with Gasteiger partial charge in [-0.3, -0.25) is 4.79 Å². The van der Waals surface area contributed by atoms with Crippen molar-refractivity contribution in [2.75, 3.05) is 14.2 Å². The Morgan fingerprint density at radius 3 is 2.38 bits per heavy atom. The monoisotopic (exact) mass is 367 g/mol. The first-order valence-electron chi connectivity index (χ1n) is 7.39. The van der Waals surface area contributed by atoms with Gasteiger partial charge < -0.3 is 14.8 Å². The van der Waals surface area contributed by atoms with Gasteiger partial charge in [-0.15, -0.1) is 0 Å². The lowest BCUT2D eigenvalue weighted by molar-refractivity contribution is -0.121. The zero-order valence-electron chi connectivity index (χ0n) is 13.7. The average Bonchev–Trinajstić information content (AvgIpc) is 2.57. The number of carbonyl (C=O) groups is 1. The second-order valence-electron chi connectivity index (χ2n) is 5.33. The molecular formula is C18H19Cl2NO3. The van der Waals surface area contributed by atoms with Crippen LogP contribution < -0.4 is 14.8 Å². The number of hydrogen-bond donors (Lipinski definition) is 1. The Morgan fingerprint density at radius 2 is 1.75 bits per heavy atom. The Kier molecular flexibility index (Phi) is 6.35. The van der Waals surface area contributed by atoms with E-state index in [1.807, 2.05) is 25.1 Å². The third-order valence-electron chi connectivity index (χ3n) is 3.63. The lowest BCUT2D eigenvalue weighted by atomic mass is 10.1. The molecule has 0 aliphatic carbocycles. The fourth-order valence-corrected chi connectivity index (χ4v) is 2.65. The predicted molar refractivity (Wildman–Crippen MR) is 96.3 cm³/mol. The van der Waals surface area contributed by atoms with Crippen LogP contribution in [0.1, 0.15) is 24.1 Å². The van der Waals surface area contributed by atoms with Crippen molar-refractivity contribution in [3.05, 3.63) is 57.6 Å². The molecule has 0 spiro atoms. The highest BCUT2D eigenvalue weighted by Crippen LogP contribution is 2.30. The van der Waals surface area contributed by atoms with E-state index in [0.29, 0.717) is 21.5 Å². The van der Waals surface area contributed by atoms with E-state index >= 15 is 0 Å². The van der Waals surface area contributed by atoms with E-state index in [1.54, 1.807) is 32.4 Å². The number of methoxy groups -OCH3 is 2. The van der Waals surface area contributed by atoms with Gasteiger partial charge in [-0.1, -0.05) is 35.3 Å². The first kappa shape index (κ1) is 18.4. The van der Waals surface area contributed by atoms with Crippen molar-refractivity contribution in [1.82, 2.24) is 5.32 Å². The number of hydrogen-bond acceptors (Lipinski definition) is 3. The maximum atomic E-state index is 12.2. The van der Waals surface area contributed by atoms with E-state index in [1.165, 1.54) is 0 Å². The molecule has 0 heterocycles. The van der Waals surface area contributed by atoms with Crippen molar-refractivity contribution in [2.24, 2.45) is 0 Å². The zero-order valence-corrected chi connectivity index (χ0v) is 15.2. The van der Waals surface area contributed by atoms with E-state index in [4.69, 9.17) is 32.7 Å². The Bertz CT molecular complexity index is 734. The molecule has 2 aromatic rings. The summed E-state index contributed by atoms with van der Waals surface area (Å²) >= 11 is 11.9. The largest absolute Gasteiger partial charge is 0.493 e. The number of halogens is 2. The van der Waals surface area contributed by atoms with Gasteiger partial charge in [0.05, 0.1) is 36.7 Å². The molecule has 2 rings (SSSR count). The van der Waals surface area contributed by atoms with Gasteiger partial charge in [-0.25, -0.2) is 0 Å². The van der Waals surface area contributed by atoms with Crippen molar-refractivity contribution < 1.29 is 14.3 Å². The van der Waals surface area contributed by atoms with Crippen LogP contribution in [0.4, 0.5) is 0 Å². The van der Waals surface area contributed by atoms with Crippen molar-refractivity contribution in [1.29, 1.82) is 0 Å². The Morgan fingerprint density at radius 1 is 1.04 bits per heavy atom. The van der Waals surface area contributed by atoms with E-state index < -0.39 is 0 Å². The number of rotatable bonds is 6. The molecular weight excluding hydrogens is 349 g/mol. The van der Waals surface area contributed by atoms with Crippen LogP contribution in [0.2, 0.25) is 10.0 Å². The van der Waals surface area contributed by atoms with Gasteiger partial charge in [0.1, 0.15) is 0 Å². The Balaban J connectivity index is 2.04. The molecule has 0 saturated heterocycles. The smallest absolute Gasteiger partial charge is 0.224 e. The van der Waals surface area contributed by atoms with E-state index in [2.05, 4.69) is 5.32 Å². The highest BCUT2D eigenvalue weighted by atomic mass is 35.5. The Labute approximate surface area is 151 Å². The van der Waals surface area contributed by atoms with Crippen LogP contribution >= 0.6 is 23.2 Å². The summed E-state index contributed by atoms with van der Waals surface area (Å²) < 4.78 is 10.5. The summed E-state index contributed by atoms with van der Waals surface area (Å²) in [5, 5.41) is 3.87. The van der Waals surface area contributed by atoms with Crippen molar-refractivity contribution in [3.8, 4) is 11.5 Å². The van der Waals surface area contributed by atoms with E-state index in [-0.39, 0.29) is 18.4 Å². The number of ether oxygens (including phenoxy) is 2. The topological polar surface area (TPSA) is 47.6 Å². The van der Waals surface area contributed by atoms with E-state index in [9.17, 15) is 4.79 Å². The Hall–Kier alpha value is -1.91. The summed E-state index contributed by atoms with van der Waals surface area (Å²) in [6, 6.07) is 10.6. The highest BCUT2D eigenvalue weighted by Gasteiger charge is 2.13. The summed E-state index contributed by atoms with van der Waals surface area (Å²) in [6.07, 6.45) is 0.231. The molecule has 6 heteroatoms. The van der Waals surface area contributed by atoms with Crippen LogP contribution in [-0.4, -0.2) is 20.1 Å². The fraction of sp³-hybridized carbons (Fsp3) is 0.278. The van der Waals surface area contributed by atoms with Crippen LogP contribution in [0.15, 0.2) is 36.4 Å². The molecule has 1 atom stereocenters. The standard InChI is InChI=1S/C18H19Cl2NO3/c1-11(13-5-7-16(23-2)17(10-13)24-3)21-18(22)9-12-4-6-14(19)15(20)8-12/h4-8,10-11H,9H2,1-3H3,(H,21,22). The molecule has 0 aromatic heterocycles. The maximum absolute atomic E-state index is 12.2. The SMILES string of the molecule is COc1ccc(C(C)NC(=O)Cc2ccc(Cl)c(Cl)c2)cc1OC. The normalized spacial score (nSPS) is 11.7. The summed E-state index contributed by atoms with van der Waals surface area (Å²) in [6.45, 7) is 1.91. The van der Waals surface area contributed by atoms with Gasteiger partial charge in [-0.05, 0) is 42.3 Å². The average molecular weight is 368 g/mol. The van der Waals surface area contributed by atoms with E-state index in [0.717, 1.165) is 11.1 Å². The van der Waals surface area contributed by atoms with Gasteiger partial charge in [0.15, 0.2) is 11.5 Å². The predicted octanol–water partition coefficient (Wildman–Crippen LogP) is 4.43. The van der Waals surface area contributed by atoms with Gasteiger partial charge >= 0.3 is 0 Å². The highest BCUT2D eigenvalue weighted by molar-refractivity contribution is 6.42. The molecule has 2 aromatic carbocycles. The third kappa shape index (κ3) is 4.56. The molecule has 4 nitrogen and oxygen atoms in total. The number of nitrogens with one attached hydrogen (secondary N) is 1. The van der Waals surface area contributed by atoms with Crippen molar-refractivity contribution >= 4 is 29.1 Å². The zero-order chi connectivity index (χ0) is 17.7. The van der Waals surface area contributed by atoms with Crippen LogP contribution in [0.25, 0.3) is 0 Å². The molecule has 0 radical (unpaired) electrons. The molecule has 0 saturated carbocycles. The lowest BCUT2D eigenvalue weighted by Gasteiger charge is -2.16. The summed E-state index contributed by atoms with van der Waals surface area (Å²) in [7, 11) is 3.16. The molecule has 0 aliphatic heterocycles. The molecule has 1 N–H and O–H groups in total.